The highest BCUT2D eigenvalue weighted by Crippen LogP contribution is 2.41. The Bertz CT molecular complexity index is 1580. The van der Waals surface area contributed by atoms with Crippen LogP contribution in [0.3, 0.4) is 0 Å². The Kier molecular flexibility index (Phi) is 7.66. The number of nitrogens with one attached hydrogen (secondary N) is 2. The molecule has 5 rings (SSSR count). The van der Waals surface area contributed by atoms with Crippen LogP contribution < -0.4 is 10.6 Å². The normalized spacial score (nSPS) is 16.6. The Morgan fingerprint density at radius 1 is 1.02 bits per heavy atom. The Labute approximate surface area is 238 Å². The Balaban J connectivity index is 1.51. The van der Waals surface area contributed by atoms with Gasteiger partial charge in [-0.2, -0.15) is 0 Å². The average Bonchev–Trinajstić information content (AvgIpc) is 3.43. The molecule has 3 heterocycles. The van der Waals surface area contributed by atoms with E-state index in [0.29, 0.717) is 17.3 Å². The number of aromatic nitrogens is 2. The molecule has 2 aromatic carbocycles. The number of carbonyl (C=O) groups is 2. The third-order valence-electron chi connectivity index (χ3n) is 7.36. The lowest BCUT2D eigenvalue weighted by Gasteiger charge is -2.28. The predicted molar refractivity (Wildman–Crippen MR) is 159 cm³/mol. The molecular weight excluding hydrogens is 522 g/mol. The van der Waals surface area contributed by atoms with Gasteiger partial charge in [0.05, 0.1) is 29.0 Å². The Hall–Kier alpha value is -4.50. The summed E-state index contributed by atoms with van der Waals surface area (Å²) in [5.41, 5.74) is 6.23. The number of amides is 1. The number of aromatic carboxylic acids is 1. The first-order valence-corrected chi connectivity index (χ1v) is 13.5. The number of nitrogens with zero attached hydrogens (tertiary/aromatic N) is 3. The zero-order valence-electron chi connectivity index (χ0n) is 22.6. The van der Waals surface area contributed by atoms with E-state index in [1.807, 2.05) is 84.8 Å². The van der Waals surface area contributed by atoms with Gasteiger partial charge >= 0.3 is 5.97 Å². The molecular formula is C31H31N5O3S. The molecule has 4 aromatic rings. The van der Waals surface area contributed by atoms with Crippen LogP contribution in [0.4, 0.5) is 5.69 Å². The van der Waals surface area contributed by atoms with Crippen molar-refractivity contribution in [3.8, 4) is 5.69 Å². The van der Waals surface area contributed by atoms with E-state index in [1.54, 1.807) is 18.3 Å². The van der Waals surface area contributed by atoms with E-state index in [-0.39, 0.29) is 30.0 Å². The van der Waals surface area contributed by atoms with Crippen LogP contribution >= 0.6 is 12.2 Å². The van der Waals surface area contributed by atoms with E-state index in [1.165, 1.54) is 0 Å². The van der Waals surface area contributed by atoms with Gasteiger partial charge in [-0.15, -0.1) is 0 Å². The fourth-order valence-electron chi connectivity index (χ4n) is 5.44. The molecule has 1 fully saturated rings. The van der Waals surface area contributed by atoms with Crippen molar-refractivity contribution >= 4 is 34.9 Å². The minimum Gasteiger partial charge on any atom is -0.478 e. The molecule has 9 heteroatoms. The standard InChI is InChI=1S/C31H31N5O3S/c1-19-10-4-6-12-24(19)33-27(37)15-17-35-29(28(34-31(35)40)25-13-8-9-16-32-25)23-18-20(2)36(21(23)3)26-14-7-5-11-22(26)30(38)39/h4-14,16,18,28-29H,15,17H2,1-3H3,(H,33,37)(H,34,40)(H,38,39)/t28-,29-/m1/s1. The maximum atomic E-state index is 13.0. The number of hydrogen-bond donors (Lipinski definition) is 3. The van der Waals surface area contributed by atoms with E-state index < -0.39 is 5.97 Å². The Morgan fingerprint density at radius 3 is 2.48 bits per heavy atom. The van der Waals surface area contributed by atoms with Crippen molar-refractivity contribution < 1.29 is 14.7 Å². The first kappa shape index (κ1) is 27.1. The molecule has 2 aromatic heterocycles. The van der Waals surface area contributed by atoms with E-state index in [4.69, 9.17) is 12.2 Å². The van der Waals surface area contributed by atoms with Crippen LogP contribution in [-0.2, 0) is 4.79 Å². The van der Waals surface area contributed by atoms with Gasteiger partial charge in [0.15, 0.2) is 5.11 Å². The van der Waals surface area contributed by atoms with Crippen molar-refractivity contribution in [3.05, 3.63) is 113 Å². The molecule has 0 saturated carbocycles. The molecule has 1 amide bonds. The van der Waals surface area contributed by atoms with Crippen LogP contribution in [0.2, 0.25) is 0 Å². The van der Waals surface area contributed by atoms with Crippen molar-refractivity contribution in [2.75, 3.05) is 11.9 Å². The van der Waals surface area contributed by atoms with Crippen LogP contribution in [0.25, 0.3) is 5.69 Å². The summed E-state index contributed by atoms with van der Waals surface area (Å²) in [6.45, 7) is 6.31. The summed E-state index contributed by atoms with van der Waals surface area (Å²) in [6.07, 6.45) is 1.99. The predicted octanol–water partition coefficient (Wildman–Crippen LogP) is 5.50. The van der Waals surface area contributed by atoms with Gasteiger partial charge in [0.1, 0.15) is 0 Å². The monoisotopic (exact) mass is 553 g/mol. The van der Waals surface area contributed by atoms with E-state index >= 15 is 0 Å². The molecule has 0 unspecified atom stereocenters. The lowest BCUT2D eigenvalue weighted by Crippen LogP contribution is -2.33. The molecule has 0 bridgehead atoms. The van der Waals surface area contributed by atoms with Crippen molar-refractivity contribution in [1.29, 1.82) is 0 Å². The maximum Gasteiger partial charge on any atom is 0.337 e. The average molecular weight is 554 g/mol. The molecule has 8 nitrogen and oxygen atoms in total. The Morgan fingerprint density at radius 2 is 1.75 bits per heavy atom. The van der Waals surface area contributed by atoms with Gasteiger partial charge in [-0.1, -0.05) is 36.4 Å². The summed E-state index contributed by atoms with van der Waals surface area (Å²) in [7, 11) is 0. The maximum absolute atomic E-state index is 13.0. The molecule has 0 aliphatic carbocycles. The highest BCUT2D eigenvalue weighted by atomic mass is 32.1. The number of anilines is 1. The number of carboxylic acid groups (broad SMARTS) is 1. The van der Waals surface area contributed by atoms with Gasteiger partial charge in [-0.05, 0) is 80.5 Å². The minimum atomic E-state index is -0.985. The van der Waals surface area contributed by atoms with Gasteiger partial charge in [0, 0.05) is 36.2 Å². The van der Waals surface area contributed by atoms with Gasteiger partial charge < -0.3 is 25.2 Å². The molecule has 1 aliphatic heterocycles. The molecule has 1 aliphatic rings. The fraction of sp³-hybridized carbons (Fsp3) is 0.226. The molecule has 204 valence electrons. The second kappa shape index (κ2) is 11.3. The number of aryl methyl sites for hydroxylation is 2. The van der Waals surface area contributed by atoms with Crippen molar-refractivity contribution in [3.63, 3.8) is 0 Å². The minimum absolute atomic E-state index is 0.0991. The van der Waals surface area contributed by atoms with Crippen LogP contribution in [0, 0.1) is 20.8 Å². The SMILES string of the molecule is Cc1ccccc1NC(=O)CCN1C(=S)N[C@H](c2ccccn2)[C@H]1c1cc(C)n(-c2ccccc2C(=O)O)c1C. The molecule has 0 spiro atoms. The van der Waals surface area contributed by atoms with E-state index in [2.05, 4.69) is 21.7 Å². The second-order valence-electron chi connectivity index (χ2n) is 9.92. The van der Waals surface area contributed by atoms with Crippen molar-refractivity contribution in [2.24, 2.45) is 0 Å². The molecule has 3 N–H and O–H groups in total. The van der Waals surface area contributed by atoms with E-state index in [9.17, 15) is 14.7 Å². The lowest BCUT2D eigenvalue weighted by molar-refractivity contribution is -0.116. The van der Waals surface area contributed by atoms with Crippen LogP contribution in [0.5, 0.6) is 0 Å². The first-order valence-electron chi connectivity index (χ1n) is 13.1. The number of benzene rings is 2. The summed E-state index contributed by atoms with van der Waals surface area (Å²) in [5.74, 6) is -1.08. The number of rotatable bonds is 8. The fourth-order valence-corrected chi connectivity index (χ4v) is 5.77. The summed E-state index contributed by atoms with van der Waals surface area (Å²) >= 11 is 5.80. The molecule has 0 radical (unpaired) electrons. The zero-order valence-corrected chi connectivity index (χ0v) is 23.4. The number of para-hydroxylation sites is 2. The number of carbonyl (C=O) groups excluding carboxylic acids is 1. The van der Waals surface area contributed by atoms with Crippen molar-refractivity contribution in [1.82, 2.24) is 19.8 Å². The molecule has 1 saturated heterocycles. The van der Waals surface area contributed by atoms with E-state index in [0.717, 1.165) is 33.9 Å². The zero-order chi connectivity index (χ0) is 28.4. The summed E-state index contributed by atoms with van der Waals surface area (Å²) in [4.78, 5) is 31.6. The number of carboxylic acids is 1. The van der Waals surface area contributed by atoms with Crippen molar-refractivity contribution in [2.45, 2.75) is 39.3 Å². The summed E-state index contributed by atoms with van der Waals surface area (Å²) in [5, 5.41) is 16.8. The van der Waals surface area contributed by atoms with Gasteiger partial charge in [-0.3, -0.25) is 9.78 Å². The number of pyridine rings is 1. The largest absolute Gasteiger partial charge is 0.478 e. The second-order valence-corrected chi connectivity index (χ2v) is 10.3. The topological polar surface area (TPSA) is 99.5 Å². The highest BCUT2D eigenvalue weighted by Gasteiger charge is 2.41. The molecule has 40 heavy (non-hydrogen) atoms. The third kappa shape index (κ3) is 5.20. The number of hydrogen-bond acceptors (Lipinski definition) is 4. The van der Waals surface area contributed by atoms with Gasteiger partial charge in [0.25, 0.3) is 0 Å². The summed E-state index contributed by atoms with van der Waals surface area (Å²) in [6, 6.07) is 22.0. The first-order chi connectivity index (χ1) is 19.3. The number of thiocarbonyl (C=S) groups is 1. The lowest BCUT2D eigenvalue weighted by atomic mass is 9.96. The van der Waals surface area contributed by atoms with Crippen LogP contribution in [-0.4, -0.2) is 43.1 Å². The quantitative estimate of drug-likeness (QED) is 0.248. The van der Waals surface area contributed by atoms with Crippen LogP contribution in [0.15, 0.2) is 79.0 Å². The van der Waals surface area contributed by atoms with Crippen LogP contribution in [0.1, 0.15) is 57.1 Å². The highest BCUT2D eigenvalue weighted by molar-refractivity contribution is 7.80. The smallest absolute Gasteiger partial charge is 0.337 e. The van der Waals surface area contributed by atoms with Gasteiger partial charge in [-0.25, -0.2) is 4.79 Å². The third-order valence-corrected chi connectivity index (χ3v) is 7.71. The van der Waals surface area contributed by atoms with Gasteiger partial charge in [0.2, 0.25) is 5.91 Å². The molecule has 2 atom stereocenters. The summed E-state index contributed by atoms with van der Waals surface area (Å²) < 4.78 is 1.97.